The smallest absolute Gasteiger partial charge is 0.134 e. The number of hydrogen-bond donors (Lipinski definition) is 1. The number of nitrogens with zero attached hydrogens (tertiary/aromatic N) is 2. The van der Waals surface area contributed by atoms with E-state index in [0.717, 1.165) is 35.3 Å². The predicted octanol–water partition coefficient (Wildman–Crippen LogP) is 3.35. The Labute approximate surface area is 118 Å². The Morgan fingerprint density at radius 2 is 2.20 bits per heavy atom. The monoisotopic (exact) mass is 269 g/mol. The topological polar surface area (TPSA) is 43.0 Å². The molecule has 0 radical (unpaired) electrons. The van der Waals surface area contributed by atoms with Gasteiger partial charge in [0.1, 0.15) is 11.3 Å². The summed E-state index contributed by atoms with van der Waals surface area (Å²) in [5.41, 5.74) is 2.05. The van der Waals surface area contributed by atoms with Gasteiger partial charge in [-0.25, -0.2) is 0 Å². The van der Waals surface area contributed by atoms with E-state index >= 15 is 0 Å². The maximum Gasteiger partial charge on any atom is 0.134 e. The molecule has 1 N–H and O–H groups in total. The number of aromatic nitrogens is 2. The molecule has 2 aromatic heterocycles. The number of aryl methyl sites for hydroxylation is 1. The van der Waals surface area contributed by atoms with E-state index in [4.69, 9.17) is 4.42 Å². The van der Waals surface area contributed by atoms with E-state index in [1.54, 1.807) is 0 Å². The number of benzene rings is 1. The number of hydrogen-bond acceptors (Lipinski definition) is 3. The molecule has 0 bridgehead atoms. The lowest BCUT2D eigenvalue weighted by atomic mass is 10.1. The molecule has 3 aromatic rings. The first-order valence-corrected chi connectivity index (χ1v) is 7.00. The van der Waals surface area contributed by atoms with Crippen LogP contribution in [0.1, 0.15) is 30.7 Å². The second-order valence-electron chi connectivity index (χ2n) is 4.95. The highest BCUT2D eigenvalue weighted by Crippen LogP contribution is 2.27. The molecule has 0 saturated carbocycles. The highest BCUT2D eigenvalue weighted by Gasteiger charge is 2.18. The summed E-state index contributed by atoms with van der Waals surface area (Å²) in [6.07, 6.45) is 5.07. The summed E-state index contributed by atoms with van der Waals surface area (Å²) in [6.45, 7) is 3.09. The second-order valence-corrected chi connectivity index (χ2v) is 4.95. The van der Waals surface area contributed by atoms with Crippen molar-refractivity contribution in [1.29, 1.82) is 0 Å². The van der Waals surface area contributed by atoms with Crippen molar-refractivity contribution in [1.82, 2.24) is 15.1 Å². The fraction of sp³-hybridized carbons (Fsp3) is 0.312. The Morgan fingerprint density at radius 3 is 2.95 bits per heavy atom. The van der Waals surface area contributed by atoms with E-state index in [9.17, 15) is 0 Å². The highest BCUT2D eigenvalue weighted by atomic mass is 16.3. The quantitative estimate of drug-likeness (QED) is 0.772. The van der Waals surface area contributed by atoms with Gasteiger partial charge in [-0.15, -0.1) is 0 Å². The molecule has 3 rings (SSSR count). The lowest BCUT2D eigenvalue weighted by molar-refractivity contribution is 0.491. The van der Waals surface area contributed by atoms with Crippen molar-refractivity contribution in [2.24, 2.45) is 0 Å². The molecule has 0 amide bonds. The molecule has 0 saturated heterocycles. The zero-order valence-corrected chi connectivity index (χ0v) is 11.8. The molecule has 0 aliphatic carbocycles. The van der Waals surface area contributed by atoms with Crippen LogP contribution in [0.3, 0.4) is 0 Å². The third-order valence-electron chi connectivity index (χ3n) is 3.46. The van der Waals surface area contributed by atoms with Crippen LogP contribution in [0.15, 0.2) is 47.1 Å². The van der Waals surface area contributed by atoms with E-state index in [0.29, 0.717) is 0 Å². The predicted molar refractivity (Wildman–Crippen MR) is 79.6 cm³/mol. The molecule has 20 heavy (non-hydrogen) atoms. The molecule has 0 spiro atoms. The molecule has 4 nitrogen and oxygen atoms in total. The Kier molecular flexibility index (Phi) is 3.56. The largest absolute Gasteiger partial charge is 0.459 e. The van der Waals surface area contributed by atoms with E-state index in [-0.39, 0.29) is 6.04 Å². The molecule has 0 aliphatic heterocycles. The second kappa shape index (κ2) is 5.51. The number of furan rings is 1. The van der Waals surface area contributed by atoms with E-state index in [1.807, 2.05) is 36.1 Å². The van der Waals surface area contributed by atoms with Crippen LogP contribution in [0.4, 0.5) is 0 Å². The van der Waals surface area contributed by atoms with Gasteiger partial charge in [0.05, 0.1) is 12.2 Å². The summed E-state index contributed by atoms with van der Waals surface area (Å²) in [7, 11) is 1.94. The highest BCUT2D eigenvalue weighted by molar-refractivity contribution is 5.77. The minimum atomic E-state index is 0.0352. The van der Waals surface area contributed by atoms with E-state index < -0.39 is 0 Å². The third kappa shape index (κ3) is 2.34. The van der Waals surface area contributed by atoms with Gasteiger partial charge in [-0.1, -0.05) is 25.1 Å². The maximum atomic E-state index is 5.95. The van der Waals surface area contributed by atoms with E-state index in [1.165, 1.54) is 0 Å². The van der Waals surface area contributed by atoms with Crippen LogP contribution in [0.25, 0.3) is 11.0 Å². The lowest BCUT2D eigenvalue weighted by Gasteiger charge is -2.10. The Balaban J connectivity index is 1.95. The van der Waals surface area contributed by atoms with Gasteiger partial charge in [0.15, 0.2) is 0 Å². The number of nitrogens with one attached hydrogen (secondary N) is 1. The maximum absolute atomic E-state index is 5.95. The summed E-state index contributed by atoms with van der Waals surface area (Å²) in [5.74, 6) is 0.921. The molecular weight excluding hydrogens is 250 g/mol. The summed E-state index contributed by atoms with van der Waals surface area (Å²) in [6, 6.07) is 10.2. The van der Waals surface area contributed by atoms with Crippen molar-refractivity contribution < 1.29 is 4.42 Å². The molecule has 1 atom stereocenters. The van der Waals surface area contributed by atoms with Crippen molar-refractivity contribution in [2.45, 2.75) is 25.9 Å². The number of rotatable bonds is 5. The third-order valence-corrected chi connectivity index (χ3v) is 3.46. The van der Waals surface area contributed by atoms with Crippen LogP contribution in [0.5, 0.6) is 0 Å². The number of fused-ring (bicyclic) bond motifs is 1. The van der Waals surface area contributed by atoms with Crippen molar-refractivity contribution in [3.8, 4) is 0 Å². The lowest BCUT2D eigenvalue weighted by Crippen LogP contribution is -2.16. The Morgan fingerprint density at radius 1 is 1.35 bits per heavy atom. The number of para-hydroxylation sites is 1. The average Bonchev–Trinajstić information content (AvgIpc) is 3.07. The summed E-state index contributed by atoms with van der Waals surface area (Å²) in [4.78, 5) is 0. The van der Waals surface area contributed by atoms with Crippen molar-refractivity contribution in [3.05, 3.63) is 54.0 Å². The van der Waals surface area contributed by atoms with Gasteiger partial charge < -0.3 is 9.73 Å². The normalized spacial score (nSPS) is 12.9. The first kappa shape index (κ1) is 12.9. The molecule has 0 aliphatic rings. The summed E-state index contributed by atoms with van der Waals surface area (Å²) in [5, 5.41) is 8.82. The molecule has 104 valence electrons. The Hall–Kier alpha value is -2.07. The van der Waals surface area contributed by atoms with Gasteiger partial charge in [0, 0.05) is 23.7 Å². The van der Waals surface area contributed by atoms with Gasteiger partial charge >= 0.3 is 0 Å². The molecular formula is C16H19N3O. The SMILES string of the molecule is CCCn1cc(C(NC)c2cc3ccccc3o2)cn1. The summed E-state index contributed by atoms with van der Waals surface area (Å²) >= 11 is 0. The minimum absolute atomic E-state index is 0.0352. The van der Waals surface area contributed by atoms with E-state index in [2.05, 4.69) is 35.7 Å². The average molecular weight is 269 g/mol. The first-order valence-electron chi connectivity index (χ1n) is 7.00. The van der Waals surface area contributed by atoms with Crippen LogP contribution in [0.2, 0.25) is 0 Å². The molecule has 0 fully saturated rings. The Bertz CT molecular complexity index is 665. The first-order chi connectivity index (χ1) is 9.81. The van der Waals surface area contributed by atoms with Crippen LogP contribution >= 0.6 is 0 Å². The van der Waals surface area contributed by atoms with Gasteiger partial charge in [-0.3, -0.25) is 4.68 Å². The van der Waals surface area contributed by atoms with Crippen LogP contribution in [-0.2, 0) is 6.54 Å². The summed E-state index contributed by atoms with van der Waals surface area (Å²) < 4.78 is 7.92. The van der Waals surface area contributed by atoms with Crippen molar-refractivity contribution >= 4 is 11.0 Å². The minimum Gasteiger partial charge on any atom is -0.459 e. The van der Waals surface area contributed by atoms with Crippen molar-refractivity contribution in [3.63, 3.8) is 0 Å². The van der Waals surface area contributed by atoms with Gasteiger partial charge in [-0.2, -0.15) is 5.10 Å². The molecule has 1 unspecified atom stereocenters. The standard InChI is InChI=1S/C16H19N3O/c1-3-8-19-11-13(10-18-19)16(17-2)15-9-12-6-4-5-7-14(12)20-15/h4-7,9-11,16-17H,3,8H2,1-2H3. The molecule has 2 heterocycles. The van der Waals surface area contributed by atoms with Crippen LogP contribution in [0, 0.1) is 0 Å². The molecule has 4 heteroatoms. The van der Waals surface area contributed by atoms with Crippen LogP contribution < -0.4 is 5.32 Å². The zero-order chi connectivity index (χ0) is 13.9. The van der Waals surface area contributed by atoms with Gasteiger partial charge in [0.2, 0.25) is 0 Å². The fourth-order valence-electron chi connectivity index (χ4n) is 2.50. The zero-order valence-electron chi connectivity index (χ0n) is 11.8. The van der Waals surface area contributed by atoms with Gasteiger partial charge in [-0.05, 0) is 25.6 Å². The molecule has 1 aromatic carbocycles. The fourth-order valence-corrected chi connectivity index (χ4v) is 2.50. The van der Waals surface area contributed by atoms with Crippen LogP contribution in [-0.4, -0.2) is 16.8 Å². The van der Waals surface area contributed by atoms with Gasteiger partial charge in [0.25, 0.3) is 0 Å². The van der Waals surface area contributed by atoms with Crippen molar-refractivity contribution in [2.75, 3.05) is 7.05 Å².